The summed E-state index contributed by atoms with van der Waals surface area (Å²) in [5.41, 5.74) is 8.24. The molecule has 180 valence electrons. The molecule has 1 heterocycles. The van der Waals surface area contributed by atoms with Crippen molar-refractivity contribution >= 4 is 38.3 Å². The summed E-state index contributed by atoms with van der Waals surface area (Å²) in [7, 11) is -3.41. The summed E-state index contributed by atoms with van der Waals surface area (Å²) in [6.45, 7) is 30.2. The van der Waals surface area contributed by atoms with Crippen molar-refractivity contribution in [3.63, 3.8) is 0 Å². The average molecular weight is 492 g/mol. The van der Waals surface area contributed by atoms with Gasteiger partial charge < -0.3 is 14.0 Å². The molecular weight excluding hydrogens is 446 g/mol. The second-order valence-electron chi connectivity index (χ2n) is 11.3. The van der Waals surface area contributed by atoms with Gasteiger partial charge in [0.2, 0.25) is 0 Å². The molecule has 1 aromatic carbocycles. The lowest BCUT2D eigenvalue weighted by molar-refractivity contribution is 0.386. The predicted octanol–water partition coefficient (Wildman–Crippen LogP) is 7.66. The smallest absolute Gasteiger partial charge is 0.279 e. The number of hydrogen-bond donors (Lipinski definition) is 0. The Morgan fingerprint density at radius 1 is 0.781 bits per heavy atom. The van der Waals surface area contributed by atoms with Crippen molar-refractivity contribution < 1.29 is 0 Å². The summed E-state index contributed by atoms with van der Waals surface area (Å²) >= 11 is 7.75. The van der Waals surface area contributed by atoms with E-state index in [2.05, 4.69) is 121 Å². The minimum Gasteiger partial charge on any atom is -0.391 e. The third-order valence-corrected chi connectivity index (χ3v) is 13.5. The van der Waals surface area contributed by atoms with E-state index >= 15 is 0 Å². The summed E-state index contributed by atoms with van der Waals surface area (Å²) < 4.78 is 2.72. The number of halogens is 1. The molecule has 1 aliphatic heterocycles. The van der Waals surface area contributed by atoms with Gasteiger partial charge in [0.05, 0.1) is 0 Å². The number of allylic oxidation sites excluding steroid dienone is 2. The largest absolute Gasteiger partial charge is 0.391 e. The van der Waals surface area contributed by atoms with Gasteiger partial charge in [0.25, 0.3) is 7.88 Å². The molecule has 0 aliphatic carbocycles. The lowest BCUT2D eigenvalue weighted by Crippen LogP contribution is -2.57. The monoisotopic (exact) mass is 491 g/mol. The van der Waals surface area contributed by atoms with E-state index in [0.29, 0.717) is 23.9 Å². The number of hydrogen-bond acceptors (Lipinski definition) is 3. The highest BCUT2D eigenvalue weighted by Gasteiger charge is 2.40. The van der Waals surface area contributed by atoms with Crippen LogP contribution in [0.4, 0.5) is 5.69 Å². The lowest BCUT2D eigenvalue weighted by atomic mass is 9.93. The fraction of sp³-hybridized carbons (Fsp3) is 0.654. The highest BCUT2D eigenvalue weighted by Crippen LogP contribution is 2.39. The molecule has 0 bridgehead atoms. The molecule has 0 fully saturated rings. The van der Waals surface area contributed by atoms with Gasteiger partial charge in [-0.1, -0.05) is 65.5 Å². The SMILES string of the molecule is CC1=C(C)N(C(C)C)C(=[Si](Cl)N(c2c(C(C)C)cccc2C(C)C)[Si](C)(C)C)N1C(C)C. The fourth-order valence-corrected chi connectivity index (χ4v) is 13.4. The average Bonchev–Trinajstić information content (AvgIpc) is 2.91. The highest BCUT2D eigenvalue weighted by atomic mass is 35.6. The molecule has 1 aliphatic rings. The van der Waals surface area contributed by atoms with Gasteiger partial charge >= 0.3 is 0 Å². The van der Waals surface area contributed by atoms with Crippen LogP contribution in [0.2, 0.25) is 19.6 Å². The standard InChI is InChI=1S/C26H46ClN3Si2/c1-17(2)23-15-14-16-24(18(3)4)25(23)30(32(11,12)13)31(27)26-28(19(5)6)21(9)22(10)29(26)20(7)8/h14-20H,1-13H3. The van der Waals surface area contributed by atoms with Crippen molar-refractivity contribution in [2.75, 3.05) is 4.23 Å². The van der Waals surface area contributed by atoms with Gasteiger partial charge in [-0.25, -0.2) is 0 Å². The number of anilines is 1. The number of rotatable bonds is 7. The van der Waals surface area contributed by atoms with Gasteiger partial charge in [-0.3, -0.25) is 0 Å². The molecule has 0 amide bonds. The Morgan fingerprint density at radius 3 is 1.44 bits per heavy atom. The second-order valence-corrected chi connectivity index (χ2v) is 19.1. The Kier molecular flexibility index (Phi) is 8.55. The zero-order valence-electron chi connectivity index (χ0n) is 22.8. The van der Waals surface area contributed by atoms with Crippen molar-refractivity contribution in [1.29, 1.82) is 0 Å². The third kappa shape index (κ3) is 5.05. The van der Waals surface area contributed by atoms with Gasteiger partial charge in [-0.2, -0.15) is 0 Å². The molecule has 0 radical (unpaired) electrons. The Labute approximate surface area is 205 Å². The topological polar surface area (TPSA) is 9.72 Å². The molecule has 2 rings (SSSR count). The molecule has 0 saturated heterocycles. The van der Waals surface area contributed by atoms with Gasteiger partial charge in [0, 0.05) is 29.2 Å². The van der Waals surface area contributed by atoms with E-state index in [0.717, 1.165) is 0 Å². The molecule has 1 aromatic rings. The van der Waals surface area contributed by atoms with Crippen LogP contribution < -0.4 is 4.23 Å². The van der Waals surface area contributed by atoms with Crippen LogP contribution in [0.1, 0.15) is 92.2 Å². The maximum atomic E-state index is 7.75. The number of benzene rings is 1. The zero-order valence-corrected chi connectivity index (χ0v) is 25.5. The molecule has 6 heteroatoms. The lowest BCUT2D eigenvalue weighted by Gasteiger charge is -2.43. The Bertz CT molecular complexity index is 843. The van der Waals surface area contributed by atoms with E-state index in [1.165, 1.54) is 33.6 Å². The Hall–Kier alpha value is -1.05. The first-order valence-electron chi connectivity index (χ1n) is 12.2. The van der Waals surface area contributed by atoms with E-state index < -0.39 is 16.1 Å². The molecular formula is C26H46ClN3Si2. The third-order valence-electron chi connectivity index (χ3n) is 6.35. The van der Waals surface area contributed by atoms with Crippen LogP contribution in [0.3, 0.4) is 0 Å². The van der Waals surface area contributed by atoms with E-state index in [-0.39, 0.29) is 0 Å². The van der Waals surface area contributed by atoms with Crippen molar-refractivity contribution in [1.82, 2.24) is 9.80 Å². The molecule has 0 aromatic heterocycles. The van der Waals surface area contributed by atoms with Crippen LogP contribution >= 0.6 is 11.1 Å². The quantitative estimate of drug-likeness (QED) is 0.286. The van der Waals surface area contributed by atoms with E-state index in [9.17, 15) is 0 Å². The van der Waals surface area contributed by atoms with Crippen LogP contribution in [-0.2, 0) is 0 Å². The molecule has 0 N–H and O–H groups in total. The van der Waals surface area contributed by atoms with Crippen molar-refractivity contribution in [2.24, 2.45) is 0 Å². The molecule has 0 spiro atoms. The summed E-state index contributed by atoms with van der Waals surface area (Å²) in [5.74, 6) is 0.901. The molecule has 32 heavy (non-hydrogen) atoms. The normalized spacial score (nSPS) is 15.4. The zero-order chi connectivity index (χ0) is 24.7. The summed E-state index contributed by atoms with van der Waals surface area (Å²) in [4.78, 5) is 5.02. The van der Waals surface area contributed by atoms with Crippen LogP contribution in [0.25, 0.3) is 0 Å². The number of para-hydroxylation sites is 1. The van der Waals surface area contributed by atoms with Gasteiger partial charge in [-0.05, 0) is 64.5 Å². The minimum atomic E-state index is -1.83. The molecule has 0 unspecified atom stereocenters. The van der Waals surface area contributed by atoms with E-state index in [4.69, 9.17) is 11.1 Å². The van der Waals surface area contributed by atoms with Crippen molar-refractivity contribution in [3.05, 3.63) is 40.7 Å². The summed E-state index contributed by atoms with van der Waals surface area (Å²) in [6, 6.07) is 7.61. The minimum absolute atomic E-state index is 0.371. The number of nitrogens with zero attached hydrogens (tertiary/aromatic N) is 3. The van der Waals surface area contributed by atoms with Gasteiger partial charge in [0.15, 0.2) is 0 Å². The van der Waals surface area contributed by atoms with Crippen LogP contribution in [0, 0.1) is 0 Å². The predicted molar refractivity (Wildman–Crippen MR) is 149 cm³/mol. The molecule has 3 nitrogen and oxygen atoms in total. The van der Waals surface area contributed by atoms with Gasteiger partial charge in [0.1, 0.15) is 13.7 Å². The summed E-state index contributed by atoms with van der Waals surface area (Å²) in [5, 5.41) is 0. The van der Waals surface area contributed by atoms with Gasteiger partial charge in [-0.15, -0.1) is 11.1 Å². The van der Waals surface area contributed by atoms with Crippen LogP contribution in [0.15, 0.2) is 29.6 Å². The van der Waals surface area contributed by atoms with E-state index in [1.54, 1.807) is 0 Å². The fourth-order valence-electron chi connectivity index (χ4n) is 4.84. The maximum absolute atomic E-state index is 7.75. The van der Waals surface area contributed by atoms with Crippen molar-refractivity contribution in [3.8, 4) is 0 Å². The first-order chi connectivity index (χ1) is 14.6. The highest BCUT2D eigenvalue weighted by molar-refractivity contribution is 7.18. The maximum Gasteiger partial charge on any atom is 0.279 e. The van der Waals surface area contributed by atoms with Crippen LogP contribution in [0.5, 0.6) is 0 Å². The Balaban J connectivity index is 2.96. The summed E-state index contributed by atoms with van der Waals surface area (Å²) in [6.07, 6.45) is 0. The second kappa shape index (κ2) is 10.1. The molecule has 0 saturated carbocycles. The Morgan fingerprint density at radius 2 is 1.16 bits per heavy atom. The molecule has 0 atom stereocenters. The first kappa shape index (κ1) is 27.2. The van der Waals surface area contributed by atoms with E-state index in [1.807, 2.05) is 0 Å². The first-order valence-corrected chi connectivity index (χ1v) is 18.1. The van der Waals surface area contributed by atoms with Crippen molar-refractivity contribution in [2.45, 2.75) is 113 Å². The van der Waals surface area contributed by atoms with Crippen LogP contribution in [-0.4, -0.2) is 43.4 Å².